The van der Waals surface area contributed by atoms with Gasteiger partial charge in [0.2, 0.25) is 0 Å². The van der Waals surface area contributed by atoms with E-state index in [-0.39, 0.29) is 52.0 Å². The third-order valence-corrected chi connectivity index (χ3v) is 8.45. The molecule has 0 aliphatic heterocycles. The van der Waals surface area contributed by atoms with Crippen molar-refractivity contribution in [3.63, 3.8) is 0 Å². The van der Waals surface area contributed by atoms with Gasteiger partial charge in [-0.2, -0.15) is 10.2 Å². The van der Waals surface area contributed by atoms with Gasteiger partial charge >= 0.3 is 0 Å². The number of halogens is 4. The Balaban J connectivity index is 1.57. The van der Waals surface area contributed by atoms with E-state index in [4.69, 9.17) is 0 Å². The molecular formula is C27H19Br4N5O6. The van der Waals surface area contributed by atoms with Crippen molar-refractivity contribution in [3.05, 3.63) is 83.6 Å². The van der Waals surface area contributed by atoms with Crippen LogP contribution in [0.1, 0.15) is 11.1 Å². The normalized spacial score (nSPS) is 11.5. The molecule has 4 aromatic carbocycles. The molecule has 0 atom stereocenters. The van der Waals surface area contributed by atoms with Crippen LogP contribution in [0.15, 0.2) is 82.7 Å². The number of phenols is 4. The van der Waals surface area contributed by atoms with Crippen molar-refractivity contribution in [2.45, 2.75) is 6.04 Å². The molecule has 0 unspecified atom stereocenters. The van der Waals surface area contributed by atoms with Gasteiger partial charge in [0.05, 0.1) is 21.4 Å². The molecule has 0 aromatic heterocycles. The maximum absolute atomic E-state index is 13.1. The number of fused-ring (bicyclic) bond motifs is 1. The van der Waals surface area contributed by atoms with Gasteiger partial charge in [0.1, 0.15) is 31.9 Å². The molecule has 0 aliphatic rings. The first-order valence-electron chi connectivity index (χ1n) is 11.7. The Kier molecular flexibility index (Phi) is 10.1. The molecule has 7 N–H and O–H groups in total. The lowest BCUT2D eigenvalue weighted by atomic mass is 10.1. The number of rotatable bonds is 8. The third-order valence-electron chi connectivity index (χ3n) is 5.74. The van der Waals surface area contributed by atoms with Crippen molar-refractivity contribution < 1.29 is 30.0 Å². The van der Waals surface area contributed by atoms with Crippen molar-refractivity contribution >= 4 is 104 Å². The Bertz CT molecular complexity index is 1680. The lowest BCUT2D eigenvalue weighted by Crippen LogP contribution is -2.47. The summed E-state index contributed by atoms with van der Waals surface area (Å²) in [4.78, 5) is 26.3. The van der Waals surface area contributed by atoms with E-state index >= 15 is 0 Å². The van der Waals surface area contributed by atoms with Crippen LogP contribution >= 0.6 is 63.7 Å². The monoisotopic (exact) mass is 825 g/mol. The molecule has 15 heteroatoms. The standard InChI is InChI=1S/C27H19Br4N5O6/c28-17-8-14(22(37)19(30)24(17)39)10-32-35-26(41)21(34-16-6-5-12-3-1-2-4-13(12)7-16)27(42)36-33-11-15-9-18(29)25(40)20(31)23(15)38/h1-11,21,34,37-40H,(H,35,41)(H,36,42)/b32-10+,33-11+. The quantitative estimate of drug-likeness (QED) is 0.0668. The molecule has 0 saturated carbocycles. The molecule has 216 valence electrons. The van der Waals surface area contributed by atoms with Gasteiger partial charge in [0.15, 0.2) is 6.04 Å². The van der Waals surface area contributed by atoms with Crippen LogP contribution in [0.2, 0.25) is 0 Å². The highest BCUT2D eigenvalue weighted by Crippen LogP contribution is 2.41. The summed E-state index contributed by atoms with van der Waals surface area (Å²) >= 11 is 12.4. The van der Waals surface area contributed by atoms with Gasteiger partial charge in [-0.25, -0.2) is 10.9 Å². The minimum Gasteiger partial charge on any atom is -0.506 e. The van der Waals surface area contributed by atoms with Gasteiger partial charge in [-0.3, -0.25) is 9.59 Å². The molecule has 0 bridgehead atoms. The number of benzene rings is 4. The van der Waals surface area contributed by atoms with Crippen LogP contribution in [0.4, 0.5) is 5.69 Å². The molecule has 0 radical (unpaired) electrons. The fraction of sp³-hybridized carbons (Fsp3) is 0.0370. The zero-order chi connectivity index (χ0) is 30.6. The fourth-order valence-electron chi connectivity index (χ4n) is 3.59. The van der Waals surface area contributed by atoms with Crippen LogP contribution in [0, 0.1) is 0 Å². The Labute approximate surface area is 271 Å². The van der Waals surface area contributed by atoms with E-state index in [2.05, 4.69) is 90.1 Å². The van der Waals surface area contributed by atoms with Crippen LogP contribution in [-0.2, 0) is 9.59 Å². The highest BCUT2D eigenvalue weighted by Gasteiger charge is 2.27. The average molecular weight is 829 g/mol. The number of aromatic hydroxyl groups is 4. The Morgan fingerprint density at radius 1 is 0.667 bits per heavy atom. The lowest BCUT2D eigenvalue weighted by molar-refractivity contribution is -0.130. The summed E-state index contributed by atoms with van der Waals surface area (Å²) in [6, 6.07) is 14.1. The number of anilines is 1. The van der Waals surface area contributed by atoms with E-state index in [9.17, 15) is 30.0 Å². The number of amides is 2. The largest absolute Gasteiger partial charge is 0.506 e. The first kappa shape index (κ1) is 31.3. The van der Waals surface area contributed by atoms with Crippen LogP contribution in [0.3, 0.4) is 0 Å². The van der Waals surface area contributed by atoms with E-state index in [1.54, 1.807) is 12.1 Å². The van der Waals surface area contributed by atoms with Crippen LogP contribution in [0.5, 0.6) is 23.0 Å². The van der Waals surface area contributed by atoms with E-state index in [0.717, 1.165) is 23.2 Å². The summed E-state index contributed by atoms with van der Waals surface area (Å²) in [6.45, 7) is 0. The van der Waals surface area contributed by atoms with E-state index < -0.39 is 17.9 Å². The lowest BCUT2D eigenvalue weighted by Gasteiger charge is -2.17. The molecule has 0 fully saturated rings. The molecule has 2 amide bonds. The minimum absolute atomic E-state index is 0.0245. The second-order valence-corrected chi connectivity index (χ2v) is 11.8. The van der Waals surface area contributed by atoms with Crippen molar-refractivity contribution in [2.75, 3.05) is 5.32 Å². The summed E-state index contributed by atoms with van der Waals surface area (Å²) in [7, 11) is 0. The van der Waals surface area contributed by atoms with Gasteiger partial charge in [-0.15, -0.1) is 0 Å². The van der Waals surface area contributed by atoms with Crippen molar-refractivity contribution in [2.24, 2.45) is 10.2 Å². The average Bonchev–Trinajstić information content (AvgIpc) is 2.98. The Morgan fingerprint density at radius 3 is 1.64 bits per heavy atom. The van der Waals surface area contributed by atoms with Gasteiger partial charge in [0, 0.05) is 16.8 Å². The zero-order valence-corrected chi connectivity index (χ0v) is 27.3. The number of carbonyl (C=O) groups excluding carboxylic acids is 2. The minimum atomic E-state index is -1.53. The highest BCUT2D eigenvalue weighted by molar-refractivity contribution is 9.11. The molecular weight excluding hydrogens is 810 g/mol. The van der Waals surface area contributed by atoms with Crippen LogP contribution < -0.4 is 16.2 Å². The summed E-state index contributed by atoms with van der Waals surface area (Å²) < 4.78 is 0.589. The molecule has 0 aliphatic carbocycles. The van der Waals surface area contributed by atoms with Gasteiger partial charge < -0.3 is 25.7 Å². The number of hydrazone groups is 2. The van der Waals surface area contributed by atoms with Crippen molar-refractivity contribution in [3.8, 4) is 23.0 Å². The molecule has 0 spiro atoms. The number of nitrogens with zero attached hydrogens (tertiary/aromatic N) is 2. The second-order valence-electron chi connectivity index (χ2n) is 8.53. The second kappa shape index (κ2) is 13.5. The third kappa shape index (κ3) is 7.03. The van der Waals surface area contributed by atoms with Crippen molar-refractivity contribution in [1.29, 1.82) is 0 Å². The number of phenolic OH excluding ortho intramolecular Hbond substituents is 4. The maximum Gasteiger partial charge on any atom is 0.272 e. The number of carbonyl (C=O) groups is 2. The van der Waals surface area contributed by atoms with E-state index in [1.165, 1.54) is 12.1 Å². The van der Waals surface area contributed by atoms with E-state index in [1.807, 2.05) is 30.3 Å². The fourth-order valence-corrected chi connectivity index (χ4v) is 5.89. The highest BCUT2D eigenvalue weighted by atomic mass is 79.9. The van der Waals surface area contributed by atoms with Crippen LogP contribution in [0.25, 0.3) is 10.8 Å². The number of hydrogen-bond acceptors (Lipinski definition) is 9. The Hall–Kier alpha value is -3.66. The van der Waals surface area contributed by atoms with Gasteiger partial charge in [-0.1, -0.05) is 30.3 Å². The first-order valence-corrected chi connectivity index (χ1v) is 14.9. The number of hydrogen-bond donors (Lipinski definition) is 7. The van der Waals surface area contributed by atoms with Gasteiger partial charge in [0.25, 0.3) is 11.8 Å². The topological polar surface area (TPSA) is 176 Å². The molecule has 0 heterocycles. The molecule has 42 heavy (non-hydrogen) atoms. The summed E-state index contributed by atoms with van der Waals surface area (Å²) in [6.07, 6.45) is 2.27. The predicted molar refractivity (Wildman–Crippen MR) is 173 cm³/mol. The summed E-state index contributed by atoms with van der Waals surface area (Å²) in [5, 5.41) is 52.7. The van der Waals surface area contributed by atoms with Gasteiger partial charge in [-0.05, 0) is 98.8 Å². The Morgan fingerprint density at radius 2 is 1.14 bits per heavy atom. The summed E-state index contributed by atoms with van der Waals surface area (Å²) in [5.74, 6) is -2.79. The molecule has 11 nitrogen and oxygen atoms in total. The summed E-state index contributed by atoms with van der Waals surface area (Å²) in [5.41, 5.74) is 5.30. The predicted octanol–water partition coefficient (Wildman–Crippen LogP) is 5.79. The van der Waals surface area contributed by atoms with Crippen LogP contribution in [-0.4, -0.2) is 50.7 Å². The first-order chi connectivity index (χ1) is 20.0. The molecule has 0 saturated heterocycles. The molecule has 4 rings (SSSR count). The SMILES string of the molecule is O=C(N/N=C/c1cc(Br)c(O)c(Br)c1O)C(Nc1ccc2ccccc2c1)C(=O)N/N=C/c1cc(Br)c(O)c(Br)c1O. The molecule has 4 aromatic rings. The smallest absolute Gasteiger partial charge is 0.272 e. The maximum atomic E-state index is 13.1. The zero-order valence-electron chi connectivity index (χ0n) is 20.9. The van der Waals surface area contributed by atoms with E-state index in [0.29, 0.717) is 5.69 Å². The van der Waals surface area contributed by atoms with Crippen molar-refractivity contribution in [1.82, 2.24) is 10.9 Å². The number of nitrogens with one attached hydrogen (secondary N) is 3.